The van der Waals surface area contributed by atoms with E-state index in [2.05, 4.69) is 15.3 Å². The van der Waals surface area contributed by atoms with Gasteiger partial charge in [-0.25, -0.2) is 4.98 Å². The number of aromatic nitrogens is 2. The van der Waals surface area contributed by atoms with E-state index < -0.39 is 0 Å². The first-order chi connectivity index (χ1) is 9.22. The average Bonchev–Trinajstić information content (AvgIpc) is 2.85. The molecule has 0 fully saturated rings. The minimum absolute atomic E-state index is 0.210. The lowest BCUT2D eigenvalue weighted by atomic mass is 10.1. The number of nitrogens with one attached hydrogen (secondary N) is 2. The lowest BCUT2D eigenvalue weighted by molar-refractivity contribution is 0.102. The summed E-state index contributed by atoms with van der Waals surface area (Å²) in [6.45, 7) is 0. The molecular formula is C14H10ClN3O. The number of fused-ring (bicyclic) bond motifs is 1. The highest BCUT2D eigenvalue weighted by Gasteiger charge is 2.08. The summed E-state index contributed by atoms with van der Waals surface area (Å²) in [6, 6.07) is 10.6. The van der Waals surface area contributed by atoms with Crippen molar-refractivity contribution in [3.05, 3.63) is 59.4 Å². The van der Waals surface area contributed by atoms with Crippen LogP contribution in [0.15, 0.2) is 48.8 Å². The lowest BCUT2D eigenvalue weighted by Crippen LogP contribution is -2.12. The number of aromatic amines is 1. The van der Waals surface area contributed by atoms with Crippen LogP contribution < -0.4 is 5.32 Å². The second-order valence-electron chi connectivity index (χ2n) is 4.09. The van der Waals surface area contributed by atoms with Crippen molar-refractivity contribution in [1.82, 2.24) is 9.97 Å². The molecule has 0 aliphatic rings. The molecule has 4 nitrogen and oxygen atoms in total. The zero-order valence-corrected chi connectivity index (χ0v) is 10.6. The maximum atomic E-state index is 12.1. The molecule has 1 aromatic carbocycles. The SMILES string of the molecule is O=C(Nc1cc(Cl)ccn1)c1ccc2[nH]ccc2c1. The first kappa shape index (κ1) is 11.7. The van der Waals surface area contributed by atoms with E-state index in [9.17, 15) is 4.79 Å². The van der Waals surface area contributed by atoms with Gasteiger partial charge in [0.25, 0.3) is 5.91 Å². The Hall–Kier alpha value is -2.33. The number of carbonyl (C=O) groups is 1. The number of amides is 1. The Morgan fingerprint density at radius 3 is 2.95 bits per heavy atom. The number of benzene rings is 1. The zero-order valence-electron chi connectivity index (χ0n) is 9.85. The van der Waals surface area contributed by atoms with Crippen LogP contribution in [0.2, 0.25) is 5.02 Å². The highest BCUT2D eigenvalue weighted by molar-refractivity contribution is 6.30. The minimum Gasteiger partial charge on any atom is -0.361 e. The number of H-pyrrole nitrogens is 1. The largest absolute Gasteiger partial charge is 0.361 e. The Morgan fingerprint density at radius 2 is 2.11 bits per heavy atom. The van der Waals surface area contributed by atoms with E-state index >= 15 is 0 Å². The number of nitrogens with zero attached hydrogens (tertiary/aromatic N) is 1. The Labute approximate surface area is 114 Å². The Kier molecular flexibility index (Phi) is 2.93. The average molecular weight is 272 g/mol. The van der Waals surface area contributed by atoms with Crippen LogP contribution in [0.25, 0.3) is 10.9 Å². The third-order valence-corrected chi connectivity index (χ3v) is 3.01. The predicted molar refractivity (Wildman–Crippen MR) is 75.5 cm³/mol. The van der Waals surface area contributed by atoms with Gasteiger partial charge in [-0.15, -0.1) is 0 Å². The summed E-state index contributed by atoms with van der Waals surface area (Å²) in [7, 11) is 0. The van der Waals surface area contributed by atoms with E-state index in [-0.39, 0.29) is 5.91 Å². The Balaban J connectivity index is 1.87. The van der Waals surface area contributed by atoms with Gasteiger partial charge in [0.1, 0.15) is 5.82 Å². The van der Waals surface area contributed by atoms with Crippen molar-refractivity contribution < 1.29 is 4.79 Å². The summed E-state index contributed by atoms with van der Waals surface area (Å²) in [5, 5.41) is 4.24. The van der Waals surface area contributed by atoms with E-state index in [1.54, 1.807) is 24.4 Å². The van der Waals surface area contributed by atoms with Crippen LogP contribution in [0.3, 0.4) is 0 Å². The molecule has 5 heteroatoms. The van der Waals surface area contributed by atoms with Crippen LogP contribution in [0, 0.1) is 0 Å². The summed E-state index contributed by atoms with van der Waals surface area (Å²) < 4.78 is 0. The van der Waals surface area contributed by atoms with Crippen LogP contribution in [0.5, 0.6) is 0 Å². The molecule has 1 amide bonds. The highest BCUT2D eigenvalue weighted by Crippen LogP contribution is 2.16. The third-order valence-electron chi connectivity index (χ3n) is 2.78. The number of halogens is 1. The summed E-state index contributed by atoms with van der Waals surface area (Å²) in [5.74, 6) is 0.226. The number of hydrogen-bond donors (Lipinski definition) is 2. The second kappa shape index (κ2) is 4.74. The van der Waals surface area contributed by atoms with E-state index in [4.69, 9.17) is 11.6 Å². The Morgan fingerprint density at radius 1 is 1.21 bits per heavy atom. The first-order valence-electron chi connectivity index (χ1n) is 5.72. The van der Waals surface area contributed by atoms with Crippen molar-refractivity contribution in [3.63, 3.8) is 0 Å². The predicted octanol–water partition coefficient (Wildman–Crippen LogP) is 3.47. The summed E-state index contributed by atoms with van der Waals surface area (Å²) in [6.07, 6.45) is 3.39. The summed E-state index contributed by atoms with van der Waals surface area (Å²) in [5.41, 5.74) is 1.58. The maximum Gasteiger partial charge on any atom is 0.256 e. The Bertz CT molecular complexity index is 751. The third kappa shape index (κ3) is 2.44. The molecule has 94 valence electrons. The highest BCUT2D eigenvalue weighted by atomic mass is 35.5. The molecular weight excluding hydrogens is 262 g/mol. The van der Waals surface area contributed by atoms with E-state index in [1.165, 1.54) is 0 Å². The minimum atomic E-state index is -0.210. The fourth-order valence-corrected chi connectivity index (χ4v) is 2.02. The number of rotatable bonds is 2. The van der Waals surface area contributed by atoms with Crippen molar-refractivity contribution in [1.29, 1.82) is 0 Å². The molecule has 0 saturated heterocycles. The molecule has 0 spiro atoms. The molecule has 0 unspecified atom stereocenters. The molecule has 2 heterocycles. The lowest BCUT2D eigenvalue weighted by Gasteiger charge is -2.04. The number of anilines is 1. The quantitative estimate of drug-likeness (QED) is 0.750. The molecule has 2 aromatic heterocycles. The molecule has 0 aliphatic carbocycles. The van der Waals surface area contributed by atoms with Gasteiger partial charge in [0.2, 0.25) is 0 Å². The van der Waals surface area contributed by atoms with E-state index in [1.807, 2.05) is 24.4 Å². The standard InChI is InChI=1S/C14H10ClN3O/c15-11-4-6-17-13(8-11)18-14(19)10-1-2-12-9(7-10)3-5-16-12/h1-8,16H,(H,17,18,19). The van der Waals surface area contributed by atoms with Crippen molar-refractivity contribution in [3.8, 4) is 0 Å². The number of pyridine rings is 1. The normalized spacial score (nSPS) is 10.6. The fourth-order valence-electron chi connectivity index (χ4n) is 1.86. The number of hydrogen-bond acceptors (Lipinski definition) is 2. The monoisotopic (exact) mass is 271 g/mol. The van der Waals surface area contributed by atoms with E-state index in [0.717, 1.165) is 10.9 Å². The zero-order chi connectivity index (χ0) is 13.2. The second-order valence-corrected chi connectivity index (χ2v) is 4.53. The van der Waals surface area contributed by atoms with Gasteiger partial charge >= 0.3 is 0 Å². The summed E-state index contributed by atoms with van der Waals surface area (Å²) >= 11 is 5.84. The van der Waals surface area contributed by atoms with Crippen LogP contribution in [-0.2, 0) is 0 Å². The van der Waals surface area contributed by atoms with Crippen molar-refractivity contribution in [2.75, 3.05) is 5.32 Å². The molecule has 0 radical (unpaired) electrons. The summed E-state index contributed by atoms with van der Waals surface area (Å²) in [4.78, 5) is 19.2. The van der Waals surface area contributed by atoms with Crippen LogP contribution >= 0.6 is 11.6 Å². The molecule has 0 saturated carbocycles. The molecule has 19 heavy (non-hydrogen) atoms. The molecule has 3 rings (SSSR count). The molecule has 0 aliphatic heterocycles. The van der Waals surface area contributed by atoms with Gasteiger partial charge in [-0.1, -0.05) is 11.6 Å². The van der Waals surface area contributed by atoms with Crippen molar-refractivity contribution in [2.45, 2.75) is 0 Å². The topological polar surface area (TPSA) is 57.8 Å². The van der Waals surface area contributed by atoms with Gasteiger partial charge < -0.3 is 10.3 Å². The van der Waals surface area contributed by atoms with Gasteiger partial charge in [-0.05, 0) is 36.4 Å². The first-order valence-corrected chi connectivity index (χ1v) is 6.10. The fraction of sp³-hybridized carbons (Fsp3) is 0. The molecule has 2 N–H and O–H groups in total. The van der Waals surface area contributed by atoms with Gasteiger partial charge in [-0.3, -0.25) is 4.79 Å². The molecule has 0 atom stereocenters. The van der Waals surface area contributed by atoms with Gasteiger partial charge in [0.05, 0.1) is 0 Å². The van der Waals surface area contributed by atoms with Crippen LogP contribution in [0.4, 0.5) is 5.82 Å². The van der Waals surface area contributed by atoms with Crippen LogP contribution in [0.1, 0.15) is 10.4 Å². The van der Waals surface area contributed by atoms with Gasteiger partial charge in [0.15, 0.2) is 0 Å². The van der Waals surface area contributed by atoms with Crippen molar-refractivity contribution >= 4 is 34.2 Å². The van der Waals surface area contributed by atoms with Crippen LogP contribution in [-0.4, -0.2) is 15.9 Å². The van der Waals surface area contributed by atoms with Gasteiger partial charge in [0, 0.05) is 33.9 Å². The van der Waals surface area contributed by atoms with E-state index in [0.29, 0.717) is 16.4 Å². The maximum absolute atomic E-state index is 12.1. The van der Waals surface area contributed by atoms with Gasteiger partial charge in [-0.2, -0.15) is 0 Å². The smallest absolute Gasteiger partial charge is 0.256 e. The molecule has 0 bridgehead atoms. The molecule has 3 aromatic rings. The van der Waals surface area contributed by atoms with Crippen molar-refractivity contribution in [2.24, 2.45) is 0 Å². The number of carbonyl (C=O) groups excluding carboxylic acids is 1.